The highest BCUT2D eigenvalue weighted by molar-refractivity contribution is 9.12. The van der Waals surface area contributed by atoms with Gasteiger partial charge < -0.3 is 0 Å². The van der Waals surface area contributed by atoms with E-state index in [9.17, 15) is 5.11 Å². The molecular formula is C3H3BrClO. The van der Waals surface area contributed by atoms with E-state index in [0.29, 0.717) is 3.94 Å². The molecule has 0 aliphatic rings. The minimum absolute atomic E-state index is 0.260. The van der Waals surface area contributed by atoms with Crippen LogP contribution in [-0.4, -0.2) is 6.61 Å². The Hall–Kier alpha value is 0.470. The van der Waals surface area contributed by atoms with Crippen LogP contribution in [-0.2, 0) is 5.11 Å². The van der Waals surface area contributed by atoms with Crippen molar-refractivity contribution in [1.82, 2.24) is 0 Å². The lowest BCUT2D eigenvalue weighted by atomic mass is 10.7. The van der Waals surface area contributed by atoms with Gasteiger partial charge in [0.1, 0.15) is 6.61 Å². The van der Waals surface area contributed by atoms with E-state index < -0.39 is 0 Å². The van der Waals surface area contributed by atoms with E-state index in [2.05, 4.69) is 15.9 Å². The summed E-state index contributed by atoms with van der Waals surface area (Å²) in [5, 5.41) is 9.55. The molecule has 0 amide bonds. The fraction of sp³-hybridized carbons (Fsp3) is 0.333. The molecule has 0 N–H and O–H groups in total. The molecule has 0 aromatic heterocycles. The minimum atomic E-state index is -0.260. The summed E-state index contributed by atoms with van der Waals surface area (Å²) < 4.78 is 0.387. The molecular weight excluding hydrogens is 167 g/mol. The third kappa shape index (κ3) is 4.47. The number of hydrogen-bond donors (Lipinski definition) is 0. The summed E-state index contributed by atoms with van der Waals surface area (Å²) in [7, 11) is 0. The fourth-order valence-corrected chi connectivity index (χ4v) is 0.258. The fourth-order valence-electron chi connectivity index (χ4n) is 0.0630. The van der Waals surface area contributed by atoms with Gasteiger partial charge in [-0.05, 0) is 22.0 Å². The minimum Gasteiger partial charge on any atom is -0.232 e. The molecule has 0 atom stereocenters. The van der Waals surface area contributed by atoms with Crippen LogP contribution in [0.15, 0.2) is 10.0 Å². The molecule has 0 heterocycles. The molecule has 0 aliphatic heterocycles. The van der Waals surface area contributed by atoms with Gasteiger partial charge in [-0.25, -0.2) is 5.11 Å². The van der Waals surface area contributed by atoms with Crippen molar-refractivity contribution in [2.75, 3.05) is 6.61 Å². The van der Waals surface area contributed by atoms with Gasteiger partial charge in [0.25, 0.3) is 0 Å². The van der Waals surface area contributed by atoms with Crippen LogP contribution < -0.4 is 0 Å². The Morgan fingerprint density at radius 1 is 2.00 bits per heavy atom. The molecule has 0 fully saturated rings. The summed E-state index contributed by atoms with van der Waals surface area (Å²) in [5.74, 6) is 0. The van der Waals surface area contributed by atoms with Gasteiger partial charge >= 0.3 is 0 Å². The first-order chi connectivity index (χ1) is 2.77. The zero-order valence-electron chi connectivity index (χ0n) is 2.95. The molecule has 0 rings (SSSR count). The van der Waals surface area contributed by atoms with E-state index in [-0.39, 0.29) is 6.61 Å². The lowest BCUT2D eigenvalue weighted by Gasteiger charge is -1.72. The maximum Gasteiger partial charge on any atom is 0.103 e. The normalized spacial score (nSPS) is 12.2. The number of hydrogen-bond acceptors (Lipinski definition) is 0. The summed E-state index contributed by atoms with van der Waals surface area (Å²) in [6.07, 6.45) is 1.33. The molecule has 1 radical (unpaired) electrons. The van der Waals surface area contributed by atoms with Crippen molar-refractivity contribution in [3.05, 3.63) is 10.0 Å². The van der Waals surface area contributed by atoms with Crippen LogP contribution >= 0.6 is 27.5 Å². The van der Waals surface area contributed by atoms with Crippen LogP contribution in [0.2, 0.25) is 0 Å². The molecule has 0 bridgehead atoms. The summed E-state index contributed by atoms with van der Waals surface area (Å²) in [6, 6.07) is 0. The molecule has 6 heavy (non-hydrogen) atoms. The Morgan fingerprint density at radius 2 is 2.50 bits per heavy atom. The van der Waals surface area contributed by atoms with Crippen molar-refractivity contribution in [3.63, 3.8) is 0 Å². The van der Waals surface area contributed by atoms with Crippen molar-refractivity contribution >= 4 is 27.5 Å². The highest BCUT2D eigenvalue weighted by Gasteiger charge is 1.75. The lowest BCUT2D eigenvalue weighted by Crippen LogP contribution is -1.64. The molecule has 0 spiro atoms. The van der Waals surface area contributed by atoms with E-state index in [0.717, 1.165) is 0 Å². The van der Waals surface area contributed by atoms with Gasteiger partial charge in [-0.3, -0.25) is 0 Å². The standard InChI is InChI=1S/C3H3BrClO/c4-3(5)1-2-6/h1H,2H2/b3-1+. The van der Waals surface area contributed by atoms with Gasteiger partial charge in [-0.2, -0.15) is 0 Å². The molecule has 0 aromatic rings. The van der Waals surface area contributed by atoms with Gasteiger partial charge in [0.15, 0.2) is 0 Å². The molecule has 35 valence electrons. The van der Waals surface area contributed by atoms with E-state index in [4.69, 9.17) is 11.6 Å². The monoisotopic (exact) mass is 169 g/mol. The van der Waals surface area contributed by atoms with Crippen molar-refractivity contribution in [1.29, 1.82) is 0 Å². The Balaban J connectivity index is 3.14. The Bertz CT molecular complexity index is 57.8. The predicted molar refractivity (Wildman–Crippen MR) is 28.4 cm³/mol. The van der Waals surface area contributed by atoms with Gasteiger partial charge in [-0.1, -0.05) is 11.6 Å². The van der Waals surface area contributed by atoms with Crippen molar-refractivity contribution in [3.8, 4) is 0 Å². The third-order valence-corrected chi connectivity index (χ3v) is 0.716. The molecule has 0 aromatic carbocycles. The van der Waals surface area contributed by atoms with Gasteiger partial charge in [0, 0.05) is 0 Å². The third-order valence-electron chi connectivity index (χ3n) is 0.238. The second kappa shape index (κ2) is 3.65. The summed E-state index contributed by atoms with van der Waals surface area (Å²) in [4.78, 5) is 0. The highest BCUT2D eigenvalue weighted by atomic mass is 79.9. The van der Waals surface area contributed by atoms with Crippen LogP contribution in [0.4, 0.5) is 0 Å². The van der Waals surface area contributed by atoms with Crippen LogP contribution in [0.5, 0.6) is 0 Å². The van der Waals surface area contributed by atoms with Crippen molar-refractivity contribution in [2.45, 2.75) is 0 Å². The molecule has 3 heteroatoms. The number of halogens is 2. The Morgan fingerprint density at radius 3 is 2.50 bits per heavy atom. The first kappa shape index (κ1) is 6.47. The Kier molecular flexibility index (Phi) is 3.94. The molecule has 0 saturated carbocycles. The first-order valence-corrected chi connectivity index (χ1v) is 2.53. The summed E-state index contributed by atoms with van der Waals surface area (Å²) >= 11 is 8.02. The topological polar surface area (TPSA) is 19.9 Å². The van der Waals surface area contributed by atoms with Crippen LogP contribution in [0.1, 0.15) is 0 Å². The maximum atomic E-state index is 9.55. The SMILES string of the molecule is [O]C/C=C(/Cl)Br. The number of rotatable bonds is 1. The predicted octanol–water partition coefficient (Wildman–Crippen LogP) is 1.89. The van der Waals surface area contributed by atoms with E-state index in [1.54, 1.807) is 0 Å². The zero-order valence-corrected chi connectivity index (χ0v) is 5.29. The largest absolute Gasteiger partial charge is 0.232 e. The quantitative estimate of drug-likeness (QED) is 0.573. The van der Waals surface area contributed by atoms with Gasteiger partial charge in [0.05, 0.1) is 3.94 Å². The summed E-state index contributed by atoms with van der Waals surface area (Å²) in [5.41, 5.74) is 0. The molecule has 0 unspecified atom stereocenters. The first-order valence-electron chi connectivity index (χ1n) is 1.36. The smallest absolute Gasteiger partial charge is 0.103 e. The van der Waals surface area contributed by atoms with Crippen molar-refractivity contribution < 1.29 is 5.11 Å². The molecule has 1 nitrogen and oxygen atoms in total. The van der Waals surface area contributed by atoms with Crippen molar-refractivity contribution in [2.24, 2.45) is 0 Å². The summed E-state index contributed by atoms with van der Waals surface area (Å²) in [6.45, 7) is -0.260. The van der Waals surface area contributed by atoms with E-state index in [1.807, 2.05) is 0 Å². The second-order valence-corrected chi connectivity index (χ2v) is 2.38. The van der Waals surface area contributed by atoms with Crippen LogP contribution in [0.3, 0.4) is 0 Å². The molecule has 0 saturated heterocycles. The zero-order chi connectivity index (χ0) is 4.99. The Labute approximate surface area is 49.7 Å². The highest BCUT2D eigenvalue weighted by Crippen LogP contribution is 2.07. The second-order valence-electron chi connectivity index (χ2n) is 0.660. The lowest BCUT2D eigenvalue weighted by molar-refractivity contribution is 0.232. The van der Waals surface area contributed by atoms with E-state index in [1.165, 1.54) is 6.08 Å². The van der Waals surface area contributed by atoms with Crippen LogP contribution in [0.25, 0.3) is 0 Å². The van der Waals surface area contributed by atoms with E-state index >= 15 is 0 Å². The average Bonchev–Trinajstić information content (AvgIpc) is 1.35. The van der Waals surface area contributed by atoms with Gasteiger partial charge in [-0.15, -0.1) is 0 Å². The van der Waals surface area contributed by atoms with Crippen LogP contribution in [0, 0.1) is 0 Å². The molecule has 0 aliphatic carbocycles. The maximum absolute atomic E-state index is 9.55. The van der Waals surface area contributed by atoms with Gasteiger partial charge in [0.2, 0.25) is 0 Å². The average molecular weight is 170 g/mol.